The number of likely N-dealkylation sites (tertiary alicyclic amines) is 1. The number of carbonyl (C=O) groups excluding carboxylic acids is 2. The summed E-state index contributed by atoms with van der Waals surface area (Å²) in [6.45, 7) is 1.95. The third-order valence-electron chi connectivity index (χ3n) is 5.93. The lowest BCUT2D eigenvalue weighted by molar-refractivity contribution is -0.128. The Morgan fingerprint density at radius 3 is 2.41 bits per heavy atom. The van der Waals surface area contributed by atoms with Gasteiger partial charge in [0.15, 0.2) is 0 Å². The summed E-state index contributed by atoms with van der Waals surface area (Å²) >= 11 is 0. The van der Waals surface area contributed by atoms with Gasteiger partial charge in [-0.2, -0.15) is 0 Å². The molecule has 2 amide bonds. The summed E-state index contributed by atoms with van der Waals surface area (Å²) in [5, 5.41) is 14.1. The summed E-state index contributed by atoms with van der Waals surface area (Å²) in [5.41, 5.74) is -0.419. The van der Waals surface area contributed by atoms with Gasteiger partial charge >= 0.3 is 0 Å². The van der Waals surface area contributed by atoms with Gasteiger partial charge in [-0.05, 0) is 43.9 Å². The molecule has 1 saturated carbocycles. The first-order valence-corrected chi connectivity index (χ1v) is 10.0. The van der Waals surface area contributed by atoms with Gasteiger partial charge in [-0.25, -0.2) is 4.39 Å². The summed E-state index contributed by atoms with van der Waals surface area (Å²) < 4.78 is 14.3. The first-order valence-electron chi connectivity index (χ1n) is 10.0. The van der Waals surface area contributed by atoms with Gasteiger partial charge in [-0.3, -0.25) is 9.59 Å². The Hall–Kier alpha value is -2.73. The van der Waals surface area contributed by atoms with Crippen LogP contribution in [0.15, 0.2) is 54.6 Å². The second kappa shape index (κ2) is 7.59. The molecule has 152 valence electrons. The zero-order valence-electron chi connectivity index (χ0n) is 16.3. The molecule has 6 heteroatoms. The van der Waals surface area contributed by atoms with Gasteiger partial charge in [0.2, 0.25) is 5.91 Å². The van der Waals surface area contributed by atoms with Crippen LogP contribution in [0.4, 0.5) is 4.39 Å². The van der Waals surface area contributed by atoms with Gasteiger partial charge in [0.05, 0.1) is 23.2 Å². The summed E-state index contributed by atoms with van der Waals surface area (Å²) in [4.78, 5) is 27.4. The van der Waals surface area contributed by atoms with Crippen LogP contribution in [0.1, 0.15) is 48.1 Å². The molecule has 3 unspecified atom stereocenters. The summed E-state index contributed by atoms with van der Waals surface area (Å²) in [6, 6.07) is 13.9. The van der Waals surface area contributed by atoms with Crippen molar-refractivity contribution in [2.45, 2.75) is 43.9 Å². The highest BCUT2D eigenvalue weighted by Gasteiger charge is 2.49. The van der Waals surface area contributed by atoms with E-state index in [2.05, 4.69) is 5.32 Å². The third-order valence-corrected chi connectivity index (χ3v) is 5.93. The van der Waals surface area contributed by atoms with Crippen molar-refractivity contribution in [2.24, 2.45) is 5.92 Å². The lowest BCUT2D eigenvalue weighted by Crippen LogP contribution is -2.63. The second-order valence-corrected chi connectivity index (χ2v) is 8.20. The maximum atomic E-state index is 14.3. The molecule has 2 fully saturated rings. The van der Waals surface area contributed by atoms with E-state index in [1.807, 2.05) is 30.3 Å². The minimum absolute atomic E-state index is 0.0118. The van der Waals surface area contributed by atoms with Gasteiger partial charge in [0, 0.05) is 12.5 Å². The lowest BCUT2D eigenvalue weighted by Gasteiger charge is -2.49. The van der Waals surface area contributed by atoms with E-state index in [4.69, 9.17) is 0 Å². The molecule has 1 aliphatic heterocycles. The smallest absolute Gasteiger partial charge is 0.257 e. The minimum atomic E-state index is -1.20. The Balaban J connectivity index is 1.74. The van der Waals surface area contributed by atoms with Crippen molar-refractivity contribution < 1.29 is 19.1 Å². The van der Waals surface area contributed by atoms with Crippen molar-refractivity contribution in [2.75, 3.05) is 6.54 Å². The predicted molar refractivity (Wildman–Crippen MR) is 107 cm³/mol. The van der Waals surface area contributed by atoms with Crippen molar-refractivity contribution in [1.82, 2.24) is 10.2 Å². The molecule has 5 nitrogen and oxygen atoms in total. The van der Waals surface area contributed by atoms with Gasteiger partial charge in [0.25, 0.3) is 5.91 Å². The molecule has 0 spiro atoms. The monoisotopic (exact) mass is 396 g/mol. The molecule has 0 radical (unpaired) electrons. The van der Waals surface area contributed by atoms with Crippen molar-refractivity contribution in [1.29, 1.82) is 0 Å². The number of carbonyl (C=O) groups is 2. The van der Waals surface area contributed by atoms with Crippen LogP contribution in [0.2, 0.25) is 0 Å². The molecule has 2 aromatic carbocycles. The van der Waals surface area contributed by atoms with Gasteiger partial charge < -0.3 is 15.3 Å². The molecule has 2 aromatic rings. The number of halogens is 1. The molecule has 0 aromatic heterocycles. The number of nitrogens with one attached hydrogen (secondary N) is 1. The van der Waals surface area contributed by atoms with Crippen molar-refractivity contribution in [3.8, 4) is 0 Å². The van der Waals surface area contributed by atoms with E-state index in [0.717, 1.165) is 18.4 Å². The van der Waals surface area contributed by atoms with E-state index < -0.39 is 29.4 Å². The zero-order valence-corrected chi connectivity index (χ0v) is 16.3. The highest BCUT2D eigenvalue weighted by atomic mass is 19.1. The zero-order chi connectivity index (χ0) is 20.6. The fourth-order valence-electron chi connectivity index (χ4n) is 4.05. The van der Waals surface area contributed by atoms with E-state index in [9.17, 15) is 19.1 Å². The Morgan fingerprint density at radius 2 is 1.76 bits per heavy atom. The molecule has 29 heavy (non-hydrogen) atoms. The molecule has 0 bridgehead atoms. The number of nitrogens with zero attached hydrogens (tertiary/aromatic N) is 1. The van der Waals surface area contributed by atoms with Crippen LogP contribution in [0.5, 0.6) is 0 Å². The molecular weight excluding hydrogens is 371 g/mol. The Labute approximate surface area is 169 Å². The van der Waals surface area contributed by atoms with Crippen LogP contribution in [0.25, 0.3) is 0 Å². The number of piperidine rings is 1. The van der Waals surface area contributed by atoms with Crippen LogP contribution in [0, 0.1) is 11.7 Å². The number of benzene rings is 2. The Morgan fingerprint density at radius 1 is 1.10 bits per heavy atom. The molecule has 3 atom stereocenters. The van der Waals surface area contributed by atoms with E-state index >= 15 is 0 Å². The lowest BCUT2D eigenvalue weighted by atomic mass is 9.79. The fourth-order valence-corrected chi connectivity index (χ4v) is 4.05. The number of hydrogen-bond donors (Lipinski definition) is 2. The standard InChI is InChI=1S/C23H25FN2O3/c1-23(29)13-14-26(22(28)17-9-5-6-10-18(17)24)19(15-7-3-2-4-8-15)20(23)25-21(27)16-11-12-16/h2-10,16,19-20,29H,11-14H2,1H3,(H,25,27). The van der Waals surface area contributed by atoms with Crippen LogP contribution in [-0.2, 0) is 4.79 Å². The fraction of sp³-hybridized carbons (Fsp3) is 0.391. The van der Waals surface area contributed by atoms with E-state index in [0.29, 0.717) is 0 Å². The maximum Gasteiger partial charge on any atom is 0.257 e. The molecule has 4 rings (SSSR count). The number of rotatable bonds is 4. The summed E-state index contributed by atoms with van der Waals surface area (Å²) in [7, 11) is 0. The second-order valence-electron chi connectivity index (χ2n) is 8.20. The van der Waals surface area contributed by atoms with Crippen molar-refractivity contribution in [3.05, 3.63) is 71.5 Å². The van der Waals surface area contributed by atoms with Crippen molar-refractivity contribution in [3.63, 3.8) is 0 Å². The highest BCUT2D eigenvalue weighted by molar-refractivity contribution is 5.95. The predicted octanol–water partition coefficient (Wildman–Crippen LogP) is 3.06. The number of aliphatic hydroxyl groups is 1. The van der Waals surface area contributed by atoms with Gasteiger partial charge in [-0.1, -0.05) is 42.5 Å². The highest BCUT2D eigenvalue weighted by Crippen LogP contribution is 2.39. The first-order chi connectivity index (χ1) is 13.9. The maximum absolute atomic E-state index is 14.3. The van der Waals surface area contributed by atoms with Gasteiger partial charge in [-0.15, -0.1) is 0 Å². The molecule has 1 saturated heterocycles. The topological polar surface area (TPSA) is 69.6 Å². The minimum Gasteiger partial charge on any atom is -0.388 e. The van der Waals surface area contributed by atoms with Gasteiger partial charge in [0.1, 0.15) is 5.82 Å². The Kier molecular flexibility index (Phi) is 5.13. The largest absolute Gasteiger partial charge is 0.388 e. The summed E-state index contributed by atoms with van der Waals surface area (Å²) in [5.74, 6) is -1.16. The molecule has 1 heterocycles. The number of hydrogen-bond acceptors (Lipinski definition) is 3. The average Bonchev–Trinajstić information content (AvgIpc) is 3.55. The van der Waals surface area contributed by atoms with Crippen LogP contribution >= 0.6 is 0 Å². The van der Waals surface area contributed by atoms with Crippen LogP contribution in [-0.4, -0.2) is 40.0 Å². The summed E-state index contributed by atoms with van der Waals surface area (Å²) in [6.07, 6.45) is 1.97. The third kappa shape index (κ3) is 3.90. The van der Waals surface area contributed by atoms with Crippen molar-refractivity contribution >= 4 is 11.8 Å². The average molecular weight is 396 g/mol. The molecule has 2 aliphatic rings. The number of amides is 2. The van der Waals surface area contributed by atoms with E-state index in [1.54, 1.807) is 24.0 Å². The SMILES string of the molecule is CC1(O)CCN(C(=O)c2ccccc2F)C(c2ccccc2)C1NC(=O)C1CC1. The normalized spacial score (nSPS) is 26.8. The quantitative estimate of drug-likeness (QED) is 0.835. The Bertz CT molecular complexity index is 911. The van der Waals surface area contributed by atoms with Crippen LogP contribution < -0.4 is 5.32 Å². The molecular formula is C23H25FN2O3. The first kappa shape index (κ1) is 19.6. The van der Waals surface area contributed by atoms with E-state index in [-0.39, 0.29) is 30.4 Å². The molecule has 1 aliphatic carbocycles. The van der Waals surface area contributed by atoms with Crippen LogP contribution in [0.3, 0.4) is 0 Å². The molecule has 2 N–H and O–H groups in total. The van der Waals surface area contributed by atoms with E-state index in [1.165, 1.54) is 12.1 Å².